The highest BCUT2D eigenvalue weighted by atomic mass is 16.4. The van der Waals surface area contributed by atoms with Crippen LogP contribution in [0.3, 0.4) is 0 Å². The van der Waals surface area contributed by atoms with Gasteiger partial charge in [-0.05, 0) is 62.7 Å². The second-order valence-corrected chi connectivity index (χ2v) is 18.4. The van der Waals surface area contributed by atoms with Gasteiger partial charge in [-0.3, -0.25) is 52.9 Å². The van der Waals surface area contributed by atoms with Gasteiger partial charge in [0, 0.05) is 13.0 Å². The lowest BCUT2D eigenvalue weighted by Gasteiger charge is -2.30. The molecule has 0 aliphatic carbocycles. The fraction of sp³-hybridized carbons (Fsp3) is 0.721. The predicted molar refractivity (Wildman–Crippen MR) is 253 cm³/mol. The number of nitrogens with two attached hydrogens (primary N) is 4. The fourth-order valence-corrected chi connectivity index (χ4v) is 6.66. The molecule has 398 valence electrons. The van der Waals surface area contributed by atoms with Crippen molar-refractivity contribution in [3.63, 3.8) is 0 Å². The minimum atomic E-state index is -1.82. The van der Waals surface area contributed by atoms with Gasteiger partial charge >= 0.3 is 11.9 Å². The molecule has 0 heterocycles. The highest BCUT2D eigenvalue weighted by molar-refractivity contribution is 5.99. The van der Waals surface area contributed by atoms with Crippen LogP contribution in [0.25, 0.3) is 0 Å². The van der Waals surface area contributed by atoms with Crippen LogP contribution in [0.2, 0.25) is 0 Å². The number of carbonyl (C=O) groups excluding carboxylic acids is 9. The summed E-state index contributed by atoms with van der Waals surface area (Å²) >= 11 is 0. The van der Waals surface area contributed by atoms with Gasteiger partial charge in [0.2, 0.25) is 53.2 Å². The summed E-state index contributed by atoms with van der Waals surface area (Å²) < 4.78 is 0. The molecule has 0 unspecified atom stereocenters. The minimum Gasteiger partial charge on any atom is -0.481 e. The number of hydrogen-bond donors (Lipinski definition) is 15. The SMILES string of the molecule is CC(C)C[C@H](NC(=O)CN)C(=O)N[C@@H](CC(C)C)C(=O)N[C@@H](CCC(=O)O)C(=O)N[C@H](C(=O)N[C@H](C(=O)N[C@H](C(=O)N[C@@H](CC(N)=O)C(=O)N[C@@H](CCCN=C(N)N)C(=O)O)C(C)C)C(C)C)[C@@H](C)O. The number of amides is 9. The van der Waals surface area contributed by atoms with Gasteiger partial charge in [-0.2, -0.15) is 0 Å². The number of carboxylic acids is 2. The summed E-state index contributed by atoms with van der Waals surface area (Å²) in [7, 11) is 0. The zero-order valence-electron chi connectivity index (χ0n) is 41.5. The molecule has 0 rings (SSSR count). The van der Waals surface area contributed by atoms with E-state index in [1.165, 1.54) is 27.7 Å². The summed E-state index contributed by atoms with van der Waals surface area (Å²) in [5, 5.41) is 49.2. The van der Waals surface area contributed by atoms with Crippen LogP contribution in [0.4, 0.5) is 0 Å². The molecular formula is C43H77N13O14. The number of guanidine groups is 1. The number of aliphatic hydroxyl groups is 1. The highest BCUT2D eigenvalue weighted by Crippen LogP contribution is 2.13. The van der Waals surface area contributed by atoms with Gasteiger partial charge in [0.25, 0.3) is 0 Å². The number of nitrogens with zero attached hydrogens (tertiary/aromatic N) is 1. The van der Waals surface area contributed by atoms with E-state index in [2.05, 4.69) is 47.5 Å². The Kier molecular flexibility index (Phi) is 28.5. The number of primary amides is 1. The molecule has 0 saturated heterocycles. The first-order chi connectivity index (χ1) is 32.4. The van der Waals surface area contributed by atoms with Crippen molar-refractivity contribution in [2.75, 3.05) is 13.1 Å². The Balaban J connectivity index is 6.45. The summed E-state index contributed by atoms with van der Waals surface area (Å²) in [6.45, 7) is 14.0. The molecule has 0 aromatic heterocycles. The first kappa shape index (κ1) is 63.4. The van der Waals surface area contributed by atoms with Crippen LogP contribution < -0.4 is 65.5 Å². The molecule has 9 amide bonds. The maximum absolute atomic E-state index is 13.8. The van der Waals surface area contributed by atoms with Crippen LogP contribution in [-0.2, 0) is 52.7 Å². The first-order valence-electron chi connectivity index (χ1n) is 23.0. The van der Waals surface area contributed by atoms with Gasteiger partial charge in [-0.1, -0.05) is 55.4 Å². The van der Waals surface area contributed by atoms with E-state index < -0.39 is 157 Å². The maximum Gasteiger partial charge on any atom is 0.326 e. The van der Waals surface area contributed by atoms with Gasteiger partial charge < -0.3 is 80.8 Å². The van der Waals surface area contributed by atoms with E-state index in [1.54, 1.807) is 13.8 Å². The number of aliphatic hydroxyl groups excluding tert-OH is 1. The molecule has 0 saturated carbocycles. The molecule has 0 aliphatic rings. The smallest absolute Gasteiger partial charge is 0.326 e. The predicted octanol–water partition coefficient (Wildman–Crippen LogP) is -4.51. The summed E-state index contributed by atoms with van der Waals surface area (Å²) in [5.41, 5.74) is 21.3. The van der Waals surface area contributed by atoms with E-state index in [0.29, 0.717) is 0 Å². The molecule has 0 aliphatic heterocycles. The normalized spacial score (nSPS) is 15.1. The van der Waals surface area contributed by atoms with Crippen molar-refractivity contribution in [1.82, 2.24) is 42.5 Å². The van der Waals surface area contributed by atoms with Crippen LogP contribution in [0, 0.1) is 23.7 Å². The zero-order valence-corrected chi connectivity index (χ0v) is 41.5. The average Bonchev–Trinajstić information content (AvgIpc) is 3.23. The summed E-state index contributed by atoms with van der Waals surface area (Å²) in [6.07, 6.45) is -3.35. The summed E-state index contributed by atoms with van der Waals surface area (Å²) in [4.78, 5) is 147. The zero-order chi connectivity index (χ0) is 54.2. The van der Waals surface area contributed by atoms with Crippen LogP contribution >= 0.6 is 0 Å². The number of carbonyl (C=O) groups is 11. The molecule has 0 radical (unpaired) electrons. The molecule has 19 N–H and O–H groups in total. The standard InChI is InChI=1S/C43H77N13O14/c1-19(2)15-26(49-30(59)18-44)36(63)52-27(16-20(3)4)37(64)50-24(12-13-31(60)61)35(62)56-34(23(9)57)41(68)55-33(22(7)8)40(67)54-32(21(5)6)39(66)53-28(17-29(45)58)38(65)51-25(42(69)70)11-10-14-48-43(46)47/h19-28,32-34,57H,10-18,44H2,1-9H3,(H2,45,58)(H,49,59)(H,50,64)(H,51,65)(H,52,63)(H,53,66)(H,54,67)(H,55,68)(H,56,62)(H,60,61)(H,69,70)(H4,46,47,48)/t23-,24+,25+,26+,27+,28+,32+,33+,34+/m1/s1. The molecule has 0 aromatic rings. The lowest BCUT2D eigenvalue weighted by molar-refractivity contribution is -0.143. The second-order valence-electron chi connectivity index (χ2n) is 18.4. The quantitative estimate of drug-likeness (QED) is 0.0167. The van der Waals surface area contributed by atoms with Gasteiger partial charge in [-0.15, -0.1) is 0 Å². The number of aliphatic imine (C=N–C) groups is 1. The molecule has 27 nitrogen and oxygen atoms in total. The third-order valence-electron chi connectivity index (χ3n) is 10.3. The van der Waals surface area contributed by atoms with E-state index in [0.717, 1.165) is 6.92 Å². The Labute approximate surface area is 407 Å². The number of hydrogen-bond acceptors (Lipinski definition) is 14. The highest BCUT2D eigenvalue weighted by Gasteiger charge is 2.38. The van der Waals surface area contributed by atoms with Crippen molar-refractivity contribution in [3.8, 4) is 0 Å². The first-order valence-corrected chi connectivity index (χ1v) is 23.0. The van der Waals surface area contributed by atoms with Gasteiger partial charge in [0.05, 0.1) is 19.1 Å². The largest absolute Gasteiger partial charge is 0.481 e. The molecule has 0 fully saturated rings. The Morgan fingerprint density at radius 2 is 0.900 bits per heavy atom. The second kappa shape index (κ2) is 31.5. The number of carboxylic acid groups (broad SMARTS) is 2. The monoisotopic (exact) mass is 1000 g/mol. The van der Waals surface area contributed by atoms with Crippen molar-refractivity contribution in [1.29, 1.82) is 0 Å². The molecule has 0 aromatic carbocycles. The van der Waals surface area contributed by atoms with Gasteiger partial charge in [0.1, 0.15) is 48.3 Å². The Morgan fingerprint density at radius 3 is 1.31 bits per heavy atom. The van der Waals surface area contributed by atoms with Crippen LogP contribution in [0.5, 0.6) is 0 Å². The average molecular weight is 1000 g/mol. The topological polar surface area (TPSA) is 461 Å². The minimum absolute atomic E-state index is 0.0426. The number of rotatable bonds is 33. The van der Waals surface area contributed by atoms with Crippen LogP contribution in [-0.4, -0.2) is 154 Å². The molecule has 9 atom stereocenters. The summed E-state index contributed by atoms with van der Waals surface area (Å²) in [6, 6.07) is -11.9. The number of nitrogens with one attached hydrogen (secondary N) is 8. The van der Waals surface area contributed by atoms with E-state index in [4.69, 9.17) is 22.9 Å². The fourth-order valence-electron chi connectivity index (χ4n) is 6.66. The molecule has 27 heteroatoms. The Bertz CT molecular complexity index is 1860. The van der Waals surface area contributed by atoms with E-state index in [-0.39, 0.29) is 50.0 Å². The molecule has 0 bridgehead atoms. The maximum atomic E-state index is 13.8. The van der Waals surface area contributed by atoms with Gasteiger partial charge in [0.15, 0.2) is 5.96 Å². The van der Waals surface area contributed by atoms with Crippen molar-refractivity contribution in [2.45, 2.75) is 162 Å². The van der Waals surface area contributed by atoms with E-state index in [1.807, 2.05) is 13.8 Å². The lowest BCUT2D eigenvalue weighted by atomic mass is 9.98. The van der Waals surface area contributed by atoms with E-state index >= 15 is 0 Å². The molecular weight excluding hydrogens is 923 g/mol. The van der Waals surface area contributed by atoms with E-state index in [9.17, 15) is 68.1 Å². The Hall–Kier alpha value is -6.64. The third-order valence-corrected chi connectivity index (χ3v) is 10.3. The lowest BCUT2D eigenvalue weighted by Crippen LogP contribution is -2.63. The molecule has 70 heavy (non-hydrogen) atoms. The summed E-state index contributed by atoms with van der Waals surface area (Å²) in [5.74, 6) is -13.2. The van der Waals surface area contributed by atoms with Crippen LogP contribution in [0.15, 0.2) is 4.99 Å². The van der Waals surface area contributed by atoms with Crippen molar-refractivity contribution >= 4 is 71.1 Å². The van der Waals surface area contributed by atoms with Crippen LogP contribution in [0.1, 0.15) is 107 Å². The Morgan fingerprint density at radius 1 is 0.500 bits per heavy atom. The van der Waals surface area contributed by atoms with Gasteiger partial charge in [-0.25, -0.2) is 4.79 Å². The number of aliphatic carboxylic acids is 2. The van der Waals surface area contributed by atoms with Crippen molar-refractivity contribution in [3.05, 3.63) is 0 Å². The molecule has 0 spiro atoms. The van der Waals surface area contributed by atoms with Crippen molar-refractivity contribution < 1.29 is 68.1 Å². The third kappa shape index (κ3) is 24.6. The van der Waals surface area contributed by atoms with Crippen molar-refractivity contribution in [2.24, 2.45) is 51.6 Å².